The van der Waals surface area contributed by atoms with Crippen LogP contribution in [0.25, 0.3) is 0 Å². The number of aliphatic imine (C=N–C) groups is 1. The van der Waals surface area contributed by atoms with Gasteiger partial charge in [-0.2, -0.15) is 0 Å². The predicted octanol–water partition coefficient (Wildman–Crippen LogP) is 4.25. The second kappa shape index (κ2) is 6.87. The molecule has 19 heavy (non-hydrogen) atoms. The first kappa shape index (κ1) is 15.0. The highest BCUT2D eigenvalue weighted by atomic mass is 35.5. The summed E-state index contributed by atoms with van der Waals surface area (Å²) in [6, 6.07) is 5.64. The van der Waals surface area contributed by atoms with Crippen molar-refractivity contribution in [2.75, 3.05) is 13.1 Å². The van der Waals surface area contributed by atoms with Crippen LogP contribution in [0.5, 0.6) is 0 Å². The van der Waals surface area contributed by atoms with E-state index in [4.69, 9.17) is 23.2 Å². The fourth-order valence-electron chi connectivity index (χ4n) is 1.86. The second-order valence-corrected chi connectivity index (χ2v) is 7.03. The molecule has 1 aromatic carbocycles. The van der Waals surface area contributed by atoms with E-state index >= 15 is 0 Å². The molecule has 0 saturated heterocycles. The van der Waals surface area contributed by atoms with Crippen LogP contribution in [0.15, 0.2) is 23.2 Å². The van der Waals surface area contributed by atoms with Gasteiger partial charge in [0.1, 0.15) is 0 Å². The van der Waals surface area contributed by atoms with Crippen molar-refractivity contribution in [3.05, 3.63) is 33.8 Å². The van der Waals surface area contributed by atoms with Gasteiger partial charge >= 0.3 is 0 Å². The van der Waals surface area contributed by atoms with Crippen LogP contribution in [-0.4, -0.2) is 23.5 Å². The van der Waals surface area contributed by atoms with Gasteiger partial charge in [-0.3, -0.25) is 4.99 Å². The molecule has 0 aliphatic carbocycles. The van der Waals surface area contributed by atoms with Crippen LogP contribution in [0, 0.1) is 5.92 Å². The lowest BCUT2D eigenvalue weighted by Gasteiger charge is -2.12. The minimum atomic E-state index is 0.613. The Kier molecular flexibility index (Phi) is 5.43. The molecule has 0 fully saturated rings. The van der Waals surface area contributed by atoms with Crippen molar-refractivity contribution in [1.82, 2.24) is 5.32 Å². The van der Waals surface area contributed by atoms with E-state index in [1.165, 1.54) is 0 Å². The first-order valence-corrected chi connectivity index (χ1v) is 8.08. The normalized spacial score (nSPS) is 18.8. The molecular formula is C14H18Cl2N2S. The minimum absolute atomic E-state index is 0.613. The molecule has 0 saturated carbocycles. The highest BCUT2D eigenvalue weighted by Crippen LogP contribution is 2.26. The predicted molar refractivity (Wildman–Crippen MR) is 86.7 cm³/mol. The molecule has 1 N–H and O–H groups in total. The average molecular weight is 317 g/mol. The number of hydrogen-bond acceptors (Lipinski definition) is 3. The van der Waals surface area contributed by atoms with E-state index in [0.29, 0.717) is 16.2 Å². The van der Waals surface area contributed by atoms with E-state index < -0.39 is 0 Å². The molecule has 1 heterocycles. The van der Waals surface area contributed by atoms with Gasteiger partial charge in [-0.05, 0) is 30.0 Å². The van der Waals surface area contributed by atoms with Crippen LogP contribution in [-0.2, 0) is 6.42 Å². The molecule has 5 heteroatoms. The van der Waals surface area contributed by atoms with Crippen LogP contribution >= 0.6 is 35.0 Å². The Bertz CT molecular complexity index is 475. The molecule has 1 atom stereocenters. The van der Waals surface area contributed by atoms with Crippen molar-refractivity contribution < 1.29 is 0 Å². The topological polar surface area (TPSA) is 24.4 Å². The van der Waals surface area contributed by atoms with Gasteiger partial charge in [0.2, 0.25) is 0 Å². The van der Waals surface area contributed by atoms with Gasteiger partial charge in [-0.1, -0.05) is 54.9 Å². The Hall–Kier alpha value is -0.380. The SMILES string of the molecule is CC(C)C1CN=C(NCCc2ccc(Cl)cc2Cl)S1. The molecule has 0 aromatic heterocycles. The molecule has 2 nitrogen and oxygen atoms in total. The Morgan fingerprint density at radius 1 is 1.42 bits per heavy atom. The maximum atomic E-state index is 6.14. The summed E-state index contributed by atoms with van der Waals surface area (Å²) in [7, 11) is 0. The molecule has 1 aliphatic heterocycles. The zero-order valence-electron chi connectivity index (χ0n) is 11.1. The van der Waals surface area contributed by atoms with Gasteiger partial charge in [-0.15, -0.1) is 0 Å². The minimum Gasteiger partial charge on any atom is -0.365 e. The maximum absolute atomic E-state index is 6.14. The first-order valence-electron chi connectivity index (χ1n) is 6.45. The molecule has 0 amide bonds. The smallest absolute Gasteiger partial charge is 0.156 e. The van der Waals surface area contributed by atoms with E-state index in [0.717, 1.165) is 35.3 Å². The Morgan fingerprint density at radius 2 is 2.21 bits per heavy atom. The molecular weight excluding hydrogens is 299 g/mol. The standard InChI is InChI=1S/C14H18Cl2N2S/c1-9(2)13-8-18-14(19-13)17-6-5-10-3-4-11(15)7-12(10)16/h3-4,7,9,13H,5-6,8H2,1-2H3,(H,17,18). The van der Waals surface area contributed by atoms with Gasteiger partial charge < -0.3 is 5.32 Å². The number of halogens is 2. The number of hydrogen-bond donors (Lipinski definition) is 1. The van der Waals surface area contributed by atoms with Crippen molar-refractivity contribution in [1.29, 1.82) is 0 Å². The lowest BCUT2D eigenvalue weighted by Crippen LogP contribution is -2.23. The second-order valence-electron chi connectivity index (χ2n) is 4.96. The summed E-state index contributed by atoms with van der Waals surface area (Å²) in [5.74, 6) is 0.666. The third kappa shape index (κ3) is 4.30. The number of benzene rings is 1. The third-order valence-corrected chi connectivity index (χ3v) is 5.19. The van der Waals surface area contributed by atoms with Crippen LogP contribution in [0.3, 0.4) is 0 Å². The quantitative estimate of drug-likeness (QED) is 0.897. The summed E-state index contributed by atoms with van der Waals surface area (Å²) in [4.78, 5) is 4.52. The average Bonchev–Trinajstić information content (AvgIpc) is 2.81. The van der Waals surface area contributed by atoms with Crippen molar-refractivity contribution in [2.45, 2.75) is 25.5 Å². The van der Waals surface area contributed by atoms with Crippen molar-refractivity contribution in [3.8, 4) is 0 Å². The molecule has 1 aliphatic rings. The Labute approximate surface area is 129 Å². The Balaban J connectivity index is 1.78. The zero-order valence-corrected chi connectivity index (χ0v) is 13.4. The summed E-state index contributed by atoms with van der Waals surface area (Å²) >= 11 is 13.9. The Morgan fingerprint density at radius 3 is 2.84 bits per heavy atom. The van der Waals surface area contributed by atoms with Gasteiger partial charge in [0, 0.05) is 21.8 Å². The lowest BCUT2D eigenvalue weighted by atomic mass is 10.1. The van der Waals surface area contributed by atoms with E-state index in [1.54, 1.807) is 6.07 Å². The van der Waals surface area contributed by atoms with Crippen molar-refractivity contribution in [2.24, 2.45) is 10.9 Å². The molecule has 1 aromatic rings. The third-order valence-electron chi connectivity index (χ3n) is 3.11. The summed E-state index contributed by atoms with van der Waals surface area (Å²) in [6.07, 6.45) is 0.877. The summed E-state index contributed by atoms with van der Waals surface area (Å²) in [6.45, 7) is 6.25. The fourth-order valence-corrected chi connectivity index (χ4v) is 3.41. The van der Waals surface area contributed by atoms with Crippen LogP contribution in [0.4, 0.5) is 0 Å². The maximum Gasteiger partial charge on any atom is 0.156 e. The summed E-state index contributed by atoms with van der Waals surface area (Å²) in [5.41, 5.74) is 1.11. The van der Waals surface area contributed by atoms with E-state index in [1.807, 2.05) is 23.9 Å². The lowest BCUT2D eigenvalue weighted by molar-refractivity contribution is 0.621. The number of rotatable bonds is 4. The molecule has 1 unspecified atom stereocenters. The monoisotopic (exact) mass is 316 g/mol. The van der Waals surface area contributed by atoms with Crippen molar-refractivity contribution >= 4 is 40.1 Å². The van der Waals surface area contributed by atoms with E-state index in [2.05, 4.69) is 24.2 Å². The highest BCUT2D eigenvalue weighted by Gasteiger charge is 2.21. The van der Waals surface area contributed by atoms with Crippen LogP contribution in [0.1, 0.15) is 19.4 Å². The molecule has 0 radical (unpaired) electrons. The molecule has 0 bridgehead atoms. The number of nitrogens with one attached hydrogen (secondary N) is 1. The molecule has 104 valence electrons. The summed E-state index contributed by atoms with van der Waals surface area (Å²) in [5, 5.41) is 6.46. The summed E-state index contributed by atoms with van der Waals surface area (Å²) < 4.78 is 0. The fraction of sp³-hybridized carbons (Fsp3) is 0.500. The zero-order chi connectivity index (χ0) is 13.8. The van der Waals surface area contributed by atoms with Gasteiger partial charge in [0.25, 0.3) is 0 Å². The van der Waals surface area contributed by atoms with Gasteiger partial charge in [-0.25, -0.2) is 0 Å². The number of amidine groups is 1. The van der Waals surface area contributed by atoms with E-state index in [-0.39, 0.29) is 0 Å². The van der Waals surface area contributed by atoms with Crippen LogP contribution in [0.2, 0.25) is 10.0 Å². The highest BCUT2D eigenvalue weighted by molar-refractivity contribution is 8.14. The van der Waals surface area contributed by atoms with Gasteiger partial charge in [0.05, 0.1) is 6.54 Å². The van der Waals surface area contributed by atoms with Crippen LogP contribution < -0.4 is 5.32 Å². The molecule has 0 spiro atoms. The van der Waals surface area contributed by atoms with Gasteiger partial charge in [0.15, 0.2) is 5.17 Å². The van der Waals surface area contributed by atoms with E-state index in [9.17, 15) is 0 Å². The first-order chi connectivity index (χ1) is 9.06. The number of nitrogens with zero attached hydrogens (tertiary/aromatic N) is 1. The molecule has 2 rings (SSSR count). The van der Waals surface area contributed by atoms with Crippen molar-refractivity contribution in [3.63, 3.8) is 0 Å². The largest absolute Gasteiger partial charge is 0.365 e. The number of thioether (sulfide) groups is 1.